The smallest absolute Gasteiger partial charge is 0.409 e. The number of carbonyl (C=O) groups excluding carboxylic acids is 1. The van der Waals surface area contributed by atoms with Crippen molar-refractivity contribution < 1.29 is 19.0 Å². The minimum absolute atomic E-state index is 0.114. The standard InChI is InChI=1S/C12H19NO4/c1-13-8-11(9-15-10(13)14)2-4-12(5-3-11)16-6-7-17-12/h2-9H2,1H3. The Hall–Kier alpha value is -0.810. The number of hydrogen-bond acceptors (Lipinski definition) is 4. The quantitative estimate of drug-likeness (QED) is 0.642. The van der Waals surface area contributed by atoms with Crippen molar-refractivity contribution in [1.82, 2.24) is 4.90 Å². The number of rotatable bonds is 0. The highest BCUT2D eigenvalue weighted by atomic mass is 16.7. The van der Waals surface area contributed by atoms with E-state index in [9.17, 15) is 4.79 Å². The molecule has 0 aromatic carbocycles. The van der Waals surface area contributed by atoms with E-state index in [0.29, 0.717) is 19.8 Å². The van der Waals surface area contributed by atoms with Crippen molar-refractivity contribution in [3.63, 3.8) is 0 Å². The van der Waals surface area contributed by atoms with Crippen molar-refractivity contribution in [2.45, 2.75) is 31.5 Å². The van der Waals surface area contributed by atoms with Gasteiger partial charge in [0.1, 0.15) is 6.61 Å². The molecule has 2 aliphatic heterocycles. The summed E-state index contributed by atoms with van der Waals surface area (Å²) in [5.41, 5.74) is 0.114. The topological polar surface area (TPSA) is 48.0 Å². The fraction of sp³-hybridized carbons (Fsp3) is 0.917. The zero-order valence-electron chi connectivity index (χ0n) is 10.2. The minimum Gasteiger partial charge on any atom is -0.449 e. The molecule has 17 heavy (non-hydrogen) atoms. The summed E-state index contributed by atoms with van der Waals surface area (Å²) in [4.78, 5) is 13.0. The Kier molecular flexibility index (Phi) is 2.56. The van der Waals surface area contributed by atoms with Gasteiger partial charge in [0, 0.05) is 31.8 Å². The predicted octanol–water partition coefficient (Wildman–Crippen LogP) is 1.37. The third-order valence-corrected chi connectivity index (χ3v) is 4.27. The number of cyclic esters (lactones) is 1. The molecule has 2 saturated heterocycles. The number of amides is 1. The summed E-state index contributed by atoms with van der Waals surface area (Å²) in [5, 5.41) is 0. The maximum absolute atomic E-state index is 11.3. The van der Waals surface area contributed by atoms with Crippen LogP contribution in [-0.2, 0) is 14.2 Å². The molecule has 0 radical (unpaired) electrons. The molecule has 0 unspecified atom stereocenters. The van der Waals surface area contributed by atoms with Gasteiger partial charge in [0.25, 0.3) is 0 Å². The second-order valence-electron chi connectivity index (χ2n) is 5.52. The Morgan fingerprint density at radius 2 is 1.76 bits per heavy atom. The van der Waals surface area contributed by atoms with Crippen LogP contribution in [0.25, 0.3) is 0 Å². The van der Waals surface area contributed by atoms with E-state index in [1.807, 2.05) is 0 Å². The van der Waals surface area contributed by atoms with Gasteiger partial charge in [0.05, 0.1) is 13.2 Å². The third-order valence-electron chi connectivity index (χ3n) is 4.27. The summed E-state index contributed by atoms with van der Waals surface area (Å²) < 4.78 is 16.7. The van der Waals surface area contributed by atoms with E-state index < -0.39 is 0 Å². The molecule has 0 bridgehead atoms. The van der Waals surface area contributed by atoms with E-state index in [2.05, 4.69) is 0 Å². The number of carbonyl (C=O) groups is 1. The Bertz CT molecular complexity index is 314. The summed E-state index contributed by atoms with van der Waals surface area (Å²) in [6.45, 7) is 2.76. The van der Waals surface area contributed by atoms with E-state index in [0.717, 1.165) is 32.2 Å². The second-order valence-corrected chi connectivity index (χ2v) is 5.52. The van der Waals surface area contributed by atoms with Crippen molar-refractivity contribution in [3.05, 3.63) is 0 Å². The Labute approximate surface area is 101 Å². The summed E-state index contributed by atoms with van der Waals surface area (Å²) in [7, 11) is 1.80. The molecular formula is C12H19NO4. The Morgan fingerprint density at radius 3 is 2.35 bits per heavy atom. The first-order valence-corrected chi connectivity index (χ1v) is 6.29. The van der Waals surface area contributed by atoms with E-state index in [1.54, 1.807) is 11.9 Å². The van der Waals surface area contributed by atoms with Crippen LogP contribution < -0.4 is 0 Å². The summed E-state index contributed by atoms with van der Waals surface area (Å²) >= 11 is 0. The molecule has 3 rings (SSSR count). The van der Waals surface area contributed by atoms with Crippen LogP contribution in [0.4, 0.5) is 4.79 Å². The predicted molar refractivity (Wildman–Crippen MR) is 59.5 cm³/mol. The summed E-state index contributed by atoms with van der Waals surface area (Å²) in [6, 6.07) is 0. The molecule has 1 amide bonds. The van der Waals surface area contributed by atoms with Crippen LogP contribution in [0.15, 0.2) is 0 Å². The fourth-order valence-corrected chi connectivity index (χ4v) is 3.19. The summed E-state index contributed by atoms with van der Waals surface area (Å²) in [6.07, 6.45) is 3.63. The van der Waals surface area contributed by atoms with Gasteiger partial charge >= 0.3 is 6.09 Å². The molecular weight excluding hydrogens is 222 g/mol. The number of hydrogen-bond donors (Lipinski definition) is 0. The zero-order chi connectivity index (χ0) is 11.9. The molecule has 3 fully saturated rings. The molecule has 96 valence electrons. The van der Waals surface area contributed by atoms with Gasteiger partial charge in [0.15, 0.2) is 5.79 Å². The molecule has 1 aliphatic carbocycles. The van der Waals surface area contributed by atoms with E-state index in [4.69, 9.17) is 14.2 Å². The minimum atomic E-state index is -0.328. The highest BCUT2D eigenvalue weighted by Gasteiger charge is 2.49. The van der Waals surface area contributed by atoms with Crippen molar-refractivity contribution >= 4 is 6.09 Å². The van der Waals surface area contributed by atoms with Crippen molar-refractivity contribution in [3.8, 4) is 0 Å². The van der Waals surface area contributed by atoms with Gasteiger partial charge in [-0.3, -0.25) is 0 Å². The average Bonchev–Trinajstić information content (AvgIpc) is 2.78. The maximum Gasteiger partial charge on any atom is 0.409 e. The molecule has 0 atom stereocenters. The molecule has 5 heteroatoms. The lowest BCUT2D eigenvalue weighted by molar-refractivity contribution is -0.198. The molecule has 1 saturated carbocycles. The first-order chi connectivity index (χ1) is 8.13. The molecule has 0 aromatic heterocycles. The molecule has 2 heterocycles. The first kappa shape index (κ1) is 11.3. The Balaban J connectivity index is 1.65. The van der Waals surface area contributed by atoms with Crippen LogP contribution in [0.2, 0.25) is 0 Å². The lowest BCUT2D eigenvalue weighted by atomic mass is 9.71. The number of ether oxygens (including phenoxy) is 3. The van der Waals surface area contributed by atoms with Gasteiger partial charge in [-0.05, 0) is 12.8 Å². The number of nitrogens with zero attached hydrogens (tertiary/aromatic N) is 1. The molecule has 2 spiro atoms. The third kappa shape index (κ3) is 1.91. The fourth-order valence-electron chi connectivity index (χ4n) is 3.19. The molecule has 5 nitrogen and oxygen atoms in total. The van der Waals surface area contributed by atoms with Crippen LogP contribution in [0.5, 0.6) is 0 Å². The zero-order valence-corrected chi connectivity index (χ0v) is 10.2. The first-order valence-electron chi connectivity index (χ1n) is 6.29. The van der Waals surface area contributed by atoms with Crippen molar-refractivity contribution in [2.24, 2.45) is 5.41 Å². The van der Waals surface area contributed by atoms with Gasteiger partial charge in [0.2, 0.25) is 0 Å². The Morgan fingerprint density at radius 1 is 1.12 bits per heavy atom. The van der Waals surface area contributed by atoms with E-state index >= 15 is 0 Å². The van der Waals surface area contributed by atoms with Crippen LogP contribution >= 0.6 is 0 Å². The normalized spacial score (nSPS) is 30.9. The highest BCUT2D eigenvalue weighted by Crippen LogP contribution is 2.46. The van der Waals surface area contributed by atoms with Crippen LogP contribution in [0.1, 0.15) is 25.7 Å². The van der Waals surface area contributed by atoms with Crippen LogP contribution in [-0.4, -0.2) is 50.2 Å². The molecule has 0 N–H and O–H groups in total. The largest absolute Gasteiger partial charge is 0.449 e. The van der Waals surface area contributed by atoms with Gasteiger partial charge < -0.3 is 19.1 Å². The monoisotopic (exact) mass is 241 g/mol. The van der Waals surface area contributed by atoms with E-state index in [1.165, 1.54) is 0 Å². The van der Waals surface area contributed by atoms with Gasteiger partial charge in [-0.1, -0.05) is 0 Å². The van der Waals surface area contributed by atoms with Crippen molar-refractivity contribution in [2.75, 3.05) is 33.4 Å². The van der Waals surface area contributed by atoms with Crippen LogP contribution in [0.3, 0.4) is 0 Å². The van der Waals surface area contributed by atoms with Crippen molar-refractivity contribution in [1.29, 1.82) is 0 Å². The lowest BCUT2D eigenvalue weighted by Gasteiger charge is -2.47. The van der Waals surface area contributed by atoms with Gasteiger partial charge in [-0.2, -0.15) is 0 Å². The highest BCUT2D eigenvalue weighted by molar-refractivity contribution is 5.68. The van der Waals surface area contributed by atoms with Gasteiger partial charge in [-0.25, -0.2) is 4.79 Å². The maximum atomic E-state index is 11.3. The molecule has 0 aromatic rings. The van der Waals surface area contributed by atoms with E-state index in [-0.39, 0.29) is 17.3 Å². The average molecular weight is 241 g/mol. The lowest BCUT2D eigenvalue weighted by Crippen LogP contribution is -2.52. The summed E-state index contributed by atoms with van der Waals surface area (Å²) in [5.74, 6) is -0.328. The van der Waals surface area contributed by atoms with Crippen LogP contribution in [0, 0.1) is 5.41 Å². The SMILES string of the molecule is CN1CC2(CCC3(CC2)OCCO3)COC1=O. The van der Waals surface area contributed by atoms with Gasteiger partial charge in [-0.15, -0.1) is 0 Å². The molecule has 3 aliphatic rings. The second kappa shape index (κ2) is 3.85.